The molecule has 2 atom stereocenters. The van der Waals surface area contributed by atoms with Crippen LogP contribution in [-0.4, -0.2) is 22.9 Å². The number of amides is 1. The Morgan fingerprint density at radius 3 is 2.62 bits per heavy atom. The van der Waals surface area contributed by atoms with Gasteiger partial charge in [-0.2, -0.15) is 0 Å². The van der Waals surface area contributed by atoms with Crippen LogP contribution in [0.5, 0.6) is 0 Å². The highest BCUT2D eigenvalue weighted by molar-refractivity contribution is 7.10. The number of benzene rings is 1. The summed E-state index contributed by atoms with van der Waals surface area (Å²) in [5.41, 5.74) is 1.21. The summed E-state index contributed by atoms with van der Waals surface area (Å²) in [5.74, 6) is 0.264. The van der Waals surface area contributed by atoms with E-state index in [1.165, 1.54) is 10.4 Å². The van der Waals surface area contributed by atoms with Crippen LogP contribution in [0.2, 0.25) is 0 Å². The van der Waals surface area contributed by atoms with Gasteiger partial charge in [0.05, 0.1) is 6.04 Å². The summed E-state index contributed by atoms with van der Waals surface area (Å²) in [6.07, 6.45) is 3.13. The van der Waals surface area contributed by atoms with Gasteiger partial charge in [-0.1, -0.05) is 36.4 Å². The Bertz CT molecular complexity index is 622. The molecule has 3 nitrogen and oxygen atoms in total. The Morgan fingerprint density at radius 2 is 1.95 bits per heavy atom. The van der Waals surface area contributed by atoms with Gasteiger partial charge in [-0.15, -0.1) is 11.3 Å². The van der Waals surface area contributed by atoms with Crippen molar-refractivity contribution in [2.24, 2.45) is 0 Å². The summed E-state index contributed by atoms with van der Waals surface area (Å²) >= 11 is 1.72. The second-order valence-corrected chi connectivity index (χ2v) is 6.78. The summed E-state index contributed by atoms with van der Waals surface area (Å²) in [5, 5.41) is 5.63. The summed E-state index contributed by atoms with van der Waals surface area (Å²) in [6, 6.07) is 14.8. The number of carbonyl (C=O) groups excluding carboxylic acids is 1. The molecule has 1 saturated heterocycles. The highest BCUT2D eigenvalue weighted by atomic mass is 32.1. The van der Waals surface area contributed by atoms with E-state index < -0.39 is 0 Å². The predicted molar refractivity (Wildman–Crippen MR) is 84.0 cm³/mol. The van der Waals surface area contributed by atoms with E-state index in [0.717, 1.165) is 19.3 Å². The molecule has 0 spiro atoms. The van der Waals surface area contributed by atoms with Gasteiger partial charge in [0.2, 0.25) is 5.91 Å². The lowest BCUT2D eigenvalue weighted by molar-refractivity contribution is -0.130. The number of hydrogen-bond acceptors (Lipinski definition) is 3. The minimum Gasteiger partial charge on any atom is -0.318 e. The van der Waals surface area contributed by atoms with E-state index in [2.05, 4.69) is 39.9 Å². The quantitative estimate of drug-likeness (QED) is 0.941. The molecule has 4 heteroatoms. The number of nitrogens with one attached hydrogen (secondary N) is 1. The Balaban J connectivity index is 1.58. The van der Waals surface area contributed by atoms with Gasteiger partial charge in [-0.25, -0.2) is 0 Å². The van der Waals surface area contributed by atoms with Crippen LogP contribution in [0.4, 0.5) is 0 Å². The lowest BCUT2D eigenvalue weighted by atomic mass is 10.1. The normalized spacial score (nSPS) is 25.5. The minimum absolute atomic E-state index is 0.0683. The Morgan fingerprint density at radius 1 is 1.14 bits per heavy atom. The first-order valence-electron chi connectivity index (χ1n) is 7.48. The molecule has 0 radical (unpaired) electrons. The summed E-state index contributed by atoms with van der Waals surface area (Å²) in [4.78, 5) is 16.1. The number of rotatable bonds is 4. The Hall–Kier alpha value is -1.65. The Kier molecular flexibility index (Phi) is 3.28. The molecule has 1 saturated carbocycles. The maximum atomic E-state index is 12.8. The topological polar surface area (TPSA) is 32.3 Å². The van der Waals surface area contributed by atoms with Crippen LogP contribution >= 0.6 is 11.3 Å². The van der Waals surface area contributed by atoms with Gasteiger partial charge in [-0.05, 0) is 36.3 Å². The second kappa shape index (κ2) is 5.28. The van der Waals surface area contributed by atoms with Gasteiger partial charge in [0.25, 0.3) is 0 Å². The van der Waals surface area contributed by atoms with Crippen molar-refractivity contribution in [3.8, 4) is 0 Å². The van der Waals surface area contributed by atoms with Crippen LogP contribution in [0.3, 0.4) is 0 Å². The first-order chi connectivity index (χ1) is 10.3. The molecular weight excluding hydrogens is 280 g/mol. The van der Waals surface area contributed by atoms with Gasteiger partial charge in [-0.3, -0.25) is 10.1 Å². The van der Waals surface area contributed by atoms with Crippen molar-refractivity contribution in [1.29, 1.82) is 0 Å². The molecule has 1 N–H and O–H groups in total. The van der Waals surface area contributed by atoms with Crippen molar-refractivity contribution in [2.45, 2.75) is 37.5 Å². The fourth-order valence-corrected chi connectivity index (χ4v) is 3.84. The van der Waals surface area contributed by atoms with Crippen LogP contribution in [0, 0.1) is 0 Å². The largest absolute Gasteiger partial charge is 0.318 e. The van der Waals surface area contributed by atoms with Crippen molar-refractivity contribution in [3.05, 3.63) is 58.3 Å². The maximum Gasteiger partial charge on any atom is 0.241 e. The smallest absolute Gasteiger partial charge is 0.241 e. The molecule has 4 rings (SSSR count). The third-order valence-corrected chi connectivity index (χ3v) is 5.15. The van der Waals surface area contributed by atoms with Crippen LogP contribution in [0.1, 0.15) is 29.4 Å². The van der Waals surface area contributed by atoms with Crippen molar-refractivity contribution < 1.29 is 4.79 Å². The second-order valence-electron chi connectivity index (χ2n) is 5.80. The minimum atomic E-state index is -0.0971. The monoisotopic (exact) mass is 298 g/mol. The van der Waals surface area contributed by atoms with Crippen molar-refractivity contribution in [1.82, 2.24) is 10.2 Å². The lowest BCUT2D eigenvalue weighted by Gasteiger charge is -2.22. The van der Waals surface area contributed by atoms with Gasteiger partial charge >= 0.3 is 0 Å². The van der Waals surface area contributed by atoms with E-state index in [1.807, 2.05) is 18.2 Å². The maximum absolute atomic E-state index is 12.8. The number of nitrogens with zero attached hydrogens (tertiary/aromatic N) is 1. The van der Waals surface area contributed by atoms with Gasteiger partial charge in [0.15, 0.2) is 0 Å². The number of carbonyl (C=O) groups is 1. The summed E-state index contributed by atoms with van der Waals surface area (Å²) < 4.78 is 0. The summed E-state index contributed by atoms with van der Waals surface area (Å²) in [7, 11) is 0. The van der Waals surface area contributed by atoms with Gasteiger partial charge in [0, 0.05) is 10.9 Å². The highest BCUT2D eigenvalue weighted by Gasteiger charge is 2.46. The zero-order valence-corrected chi connectivity index (χ0v) is 12.6. The summed E-state index contributed by atoms with van der Waals surface area (Å²) in [6.45, 7) is 0. The fraction of sp³-hybridized carbons (Fsp3) is 0.353. The highest BCUT2D eigenvalue weighted by Crippen LogP contribution is 2.38. The Labute approximate surface area is 128 Å². The molecular formula is C17H18N2OS. The fourth-order valence-electron chi connectivity index (χ4n) is 3.05. The molecule has 2 aromatic rings. The van der Waals surface area contributed by atoms with Gasteiger partial charge in [0.1, 0.15) is 6.17 Å². The molecule has 1 aromatic carbocycles. The lowest BCUT2D eigenvalue weighted by Crippen LogP contribution is -2.33. The van der Waals surface area contributed by atoms with Crippen molar-refractivity contribution >= 4 is 17.2 Å². The zero-order chi connectivity index (χ0) is 14.2. The van der Waals surface area contributed by atoms with Crippen LogP contribution in [0.15, 0.2) is 47.8 Å². The SMILES string of the molecule is O=C1C(Cc2ccccc2)NC(c2cccs2)N1C1CC1. The van der Waals surface area contributed by atoms with Gasteiger partial charge < -0.3 is 4.90 Å². The van der Waals surface area contributed by atoms with E-state index in [0.29, 0.717) is 6.04 Å². The van der Waals surface area contributed by atoms with E-state index in [-0.39, 0.29) is 18.1 Å². The standard InChI is InChI=1S/C17H18N2OS/c20-17-14(11-12-5-2-1-3-6-12)18-16(15-7-4-10-21-15)19(17)13-8-9-13/h1-7,10,13-14,16,18H,8-9,11H2. The molecule has 2 aliphatic rings. The molecule has 108 valence electrons. The average molecular weight is 298 g/mol. The molecule has 2 unspecified atom stereocenters. The molecule has 1 aliphatic carbocycles. The molecule has 2 fully saturated rings. The zero-order valence-electron chi connectivity index (χ0n) is 11.7. The van der Waals surface area contributed by atoms with E-state index in [1.54, 1.807) is 11.3 Å². The van der Waals surface area contributed by atoms with Crippen molar-refractivity contribution in [3.63, 3.8) is 0 Å². The van der Waals surface area contributed by atoms with E-state index in [9.17, 15) is 4.79 Å². The molecule has 0 bridgehead atoms. The first-order valence-corrected chi connectivity index (χ1v) is 8.36. The molecule has 1 aromatic heterocycles. The average Bonchev–Trinajstić information content (AvgIpc) is 3.09. The third kappa shape index (κ3) is 2.49. The van der Waals surface area contributed by atoms with Crippen LogP contribution in [0.25, 0.3) is 0 Å². The molecule has 2 heterocycles. The van der Waals surface area contributed by atoms with Crippen molar-refractivity contribution in [2.75, 3.05) is 0 Å². The predicted octanol–water partition coefficient (Wildman–Crippen LogP) is 2.95. The third-order valence-electron chi connectivity index (χ3n) is 4.23. The first kappa shape index (κ1) is 13.0. The van der Waals surface area contributed by atoms with Crippen LogP contribution < -0.4 is 5.32 Å². The number of thiophene rings is 1. The molecule has 1 aliphatic heterocycles. The van der Waals surface area contributed by atoms with Crippen LogP contribution in [-0.2, 0) is 11.2 Å². The molecule has 1 amide bonds. The molecule has 21 heavy (non-hydrogen) atoms. The number of hydrogen-bond donors (Lipinski definition) is 1. The van der Waals surface area contributed by atoms with E-state index >= 15 is 0 Å². The van der Waals surface area contributed by atoms with E-state index in [4.69, 9.17) is 0 Å².